The Morgan fingerprint density at radius 3 is 2.14 bits per heavy atom. The molecule has 0 aliphatic carbocycles. The lowest BCUT2D eigenvalue weighted by Gasteiger charge is -2.26. The molecule has 0 saturated carbocycles. The second kappa shape index (κ2) is 10.9. The Bertz CT molecular complexity index is 399. The van der Waals surface area contributed by atoms with Gasteiger partial charge >= 0.3 is 0 Å². The van der Waals surface area contributed by atoms with Gasteiger partial charge < -0.3 is 16.0 Å². The van der Waals surface area contributed by atoms with Crippen molar-refractivity contribution in [2.45, 2.75) is 25.9 Å². The van der Waals surface area contributed by atoms with E-state index in [-0.39, 0.29) is 42.7 Å². The highest BCUT2D eigenvalue weighted by Crippen LogP contribution is 2.16. The zero-order valence-corrected chi connectivity index (χ0v) is 14.7. The number of carbonyl (C=O) groups is 1. The first kappa shape index (κ1) is 22.5. The average Bonchev–Trinajstić information content (AvgIpc) is 2.38. The van der Waals surface area contributed by atoms with Gasteiger partial charge in [-0.25, -0.2) is 0 Å². The van der Waals surface area contributed by atoms with Crippen molar-refractivity contribution in [1.29, 1.82) is 0 Å². The van der Waals surface area contributed by atoms with Crippen molar-refractivity contribution >= 4 is 30.7 Å². The molecular formula is C15H27Cl2N3O. The summed E-state index contributed by atoms with van der Waals surface area (Å²) in [5.74, 6) is 0.0623. The van der Waals surface area contributed by atoms with Gasteiger partial charge in [0.1, 0.15) is 0 Å². The molecule has 3 N–H and O–H groups in total. The second-order valence-corrected chi connectivity index (χ2v) is 5.41. The third kappa shape index (κ3) is 7.14. The molecule has 122 valence electrons. The van der Waals surface area contributed by atoms with Crippen molar-refractivity contribution in [3.63, 3.8) is 0 Å². The van der Waals surface area contributed by atoms with E-state index in [1.807, 2.05) is 46.1 Å². The third-order valence-corrected chi connectivity index (χ3v) is 3.30. The molecule has 1 rings (SSSR count). The lowest BCUT2D eigenvalue weighted by atomic mass is 10.0. The molecule has 1 aromatic carbocycles. The van der Waals surface area contributed by atoms with E-state index in [1.54, 1.807) is 0 Å². The number of likely N-dealkylation sites (N-methyl/N-ethyl adjacent to an activating group) is 1. The number of hydrogen-bond donors (Lipinski definition) is 2. The maximum atomic E-state index is 11.9. The van der Waals surface area contributed by atoms with Gasteiger partial charge in [-0.2, -0.15) is 0 Å². The summed E-state index contributed by atoms with van der Waals surface area (Å²) >= 11 is 0. The normalized spacial score (nSPS) is 13.1. The van der Waals surface area contributed by atoms with Crippen molar-refractivity contribution in [1.82, 2.24) is 10.2 Å². The third-order valence-electron chi connectivity index (χ3n) is 3.30. The average molecular weight is 336 g/mol. The van der Waals surface area contributed by atoms with Gasteiger partial charge in [-0.1, -0.05) is 44.2 Å². The van der Waals surface area contributed by atoms with Crippen LogP contribution in [0.4, 0.5) is 0 Å². The molecule has 0 bridgehead atoms. The number of nitrogens with two attached hydrogens (primary N) is 1. The van der Waals surface area contributed by atoms with Gasteiger partial charge in [-0.05, 0) is 25.6 Å². The summed E-state index contributed by atoms with van der Waals surface area (Å²) in [6.07, 6.45) is 0. The topological polar surface area (TPSA) is 58.4 Å². The Morgan fingerprint density at radius 1 is 1.19 bits per heavy atom. The van der Waals surface area contributed by atoms with Crippen LogP contribution in [0.2, 0.25) is 0 Å². The van der Waals surface area contributed by atoms with Crippen molar-refractivity contribution in [3.05, 3.63) is 35.9 Å². The number of amides is 1. The predicted octanol–water partition coefficient (Wildman–Crippen LogP) is 2.23. The lowest BCUT2D eigenvalue weighted by Crippen LogP contribution is -2.46. The molecule has 0 heterocycles. The highest BCUT2D eigenvalue weighted by atomic mass is 35.5. The van der Waals surface area contributed by atoms with Gasteiger partial charge in [0.25, 0.3) is 0 Å². The molecule has 0 saturated heterocycles. The van der Waals surface area contributed by atoms with Gasteiger partial charge in [0.15, 0.2) is 0 Å². The fourth-order valence-electron chi connectivity index (χ4n) is 1.89. The highest BCUT2D eigenvalue weighted by molar-refractivity contribution is 5.85. The first-order valence-electron chi connectivity index (χ1n) is 6.68. The molecule has 0 radical (unpaired) electrons. The van der Waals surface area contributed by atoms with E-state index in [1.165, 1.54) is 5.56 Å². The van der Waals surface area contributed by atoms with Crippen LogP contribution in [0.5, 0.6) is 0 Å². The summed E-state index contributed by atoms with van der Waals surface area (Å²) in [5, 5.41) is 2.94. The maximum Gasteiger partial charge on any atom is 0.237 e. The molecule has 0 aliphatic heterocycles. The van der Waals surface area contributed by atoms with Crippen molar-refractivity contribution in [2.24, 2.45) is 11.7 Å². The van der Waals surface area contributed by atoms with Gasteiger partial charge in [0, 0.05) is 6.54 Å². The van der Waals surface area contributed by atoms with E-state index >= 15 is 0 Å². The molecule has 2 unspecified atom stereocenters. The largest absolute Gasteiger partial charge is 0.353 e. The summed E-state index contributed by atoms with van der Waals surface area (Å²) in [7, 11) is 4.01. The highest BCUT2D eigenvalue weighted by Gasteiger charge is 2.20. The van der Waals surface area contributed by atoms with Crippen molar-refractivity contribution in [3.8, 4) is 0 Å². The minimum absolute atomic E-state index is 0. The molecule has 0 aromatic heterocycles. The van der Waals surface area contributed by atoms with Crippen molar-refractivity contribution < 1.29 is 4.79 Å². The number of halogens is 2. The molecule has 6 heteroatoms. The van der Waals surface area contributed by atoms with E-state index in [4.69, 9.17) is 5.73 Å². The molecule has 0 aliphatic rings. The molecule has 0 fully saturated rings. The van der Waals surface area contributed by atoms with Gasteiger partial charge in [0.05, 0.1) is 12.1 Å². The Balaban J connectivity index is 0. The van der Waals surface area contributed by atoms with E-state index in [9.17, 15) is 4.79 Å². The summed E-state index contributed by atoms with van der Waals surface area (Å²) in [4.78, 5) is 14.0. The molecule has 1 aromatic rings. The monoisotopic (exact) mass is 335 g/mol. The van der Waals surface area contributed by atoms with Gasteiger partial charge in [-0.3, -0.25) is 4.79 Å². The zero-order valence-electron chi connectivity index (χ0n) is 13.1. The van der Waals surface area contributed by atoms with Crippen molar-refractivity contribution in [2.75, 3.05) is 20.6 Å². The fourth-order valence-corrected chi connectivity index (χ4v) is 1.89. The summed E-state index contributed by atoms with van der Waals surface area (Å²) in [6.45, 7) is 4.46. The van der Waals surface area contributed by atoms with Crippen LogP contribution in [-0.2, 0) is 4.79 Å². The van der Waals surface area contributed by atoms with Crippen LogP contribution < -0.4 is 11.1 Å². The number of hydrogen-bond acceptors (Lipinski definition) is 3. The minimum Gasteiger partial charge on any atom is -0.353 e. The number of nitrogens with zero attached hydrogens (tertiary/aromatic N) is 1. The molecule has 1 amide bonds. The van der Waals surface area contributed by atoms with E-state index < -0.39 is 6.04 Å². The number of carbonyl (C=O) groups excluding carboxylic acids is 1. The fraction of sp³-hybridized carbons (Fsp3) is 0.533. The first-order valence-corrected chi connectivity index (χ1v) is 6.68. The van der Waals surface area contributed by atoms with Crippen LogP contribution in [0.15, 0.2) is 30.3 Å². The Kier molecular flexibility index (Phi) is 11.6. The van der Waals surface area contributed by atoms with E-state index in [0.29, 0.717) is 6.54 Å². The summed E-state index contributed by atoms with van der Waals surface area (Å²) < 4.78 is 0. The molecule has 21 heavy (non-hydrogen) atoms. The van der Waals surface area contributed by atoms with Gasteiger partial charge in [0.2, 0.25) is 5.91 Å². The number of rotatable bonds is 6. The number of benzene rings is 1. The van der Waals surface area contributed by atoms with E-state index in [2.05, 4.69) is 22.3 Å². The zero-order chi connectivity index (χ0) is 14.4. The second-order valence-electron chi connectivity index (χ2n) is 5.41. The van der Waals surface area contributed by atoms with Crippen LogP contribution in [-0.4, -0.2) is 37.5 Å². The quantitative estimate of drug-likeness (QED) is 0.838. The maximum absolute atomic E-state index is 11.9. The molecular weight excluding hydrogens is 309 g/mol. The van der Waals surface area contributed by atoms with Crippen LogP contribution >= 0.6 is 24.8 Å². The first-order chi connectivity index (χ1) is 8.93. The number of nitrogens with one attached hydrogen (secondary N) is 1. The van der Waals surface area contributed by atoms with Crippen LogP contribution in [0, 0.1) is 5.92 Å². The summed E-state index contributed by atoms with van der Waals surface area (Å²) in [5.41, 5.74) is 7.02. The molecule has 2 atom stereocenters. The predicted molar refractivity (Wildman–Crippen MR) is 93.2 cm³/mol. The Morgan fingerprint density at radius 2 is 1.71 bits per heavy atom. The smallest absolute Gasteiger partial charge is 0.237 e. The van der Waals surface area contributed by atoms with Crippen LogP contribution in [0.3, 0.4) is 0 Å². The SMILES string of the molecule is CC(C)C(N)C(=O)NCC(c1ccccc1)N(C)C.Cl.Cl. The van der Waals surface area contributed by atoms with Crippen LogP contribution in [0.1, 0.15) is 25.5 Å². The lowest BCUT2D eigenvalue weighted by molar-refractivity contribution is -0.123. The van der Waals surface area contributed by atoms with Crippen LogP contribution in [0.25, 0.3) is 0 Å². The van der Waals surface area contributed by atoms with Gasteiger partial charge in [-0.15, -0.1) is 24.8 Å². The molecule has 0 spiro atoms. The summed E-state index contributed by atoms with van der Waals surface area (Å²) in [6, 6.07) is 9.85. The Hall–Kier alpha value is -0.810. The molecule has 4 nitrogen and oxygen atoms in total. The minimum atomic E-state index is -0.446. The Labute approximate surface area is 140 Å². The van der Waals surface area contributed by atoms with E-state index in [0.717, 1.165) is 0 Å². The standard InChI is InChI=1S/C15H25N3O.2ClH/c1-11(2)14(16)15(19)17-10-13(18(3)4)12-8-6-5-7-9-12;;/h5-9,11,13-14H,10,16H2,1-4H3,(H,17,19);2*1H.